The van der Waals surface area contributed by atoms with Crippen molar-refractivity contribution < 1.29 is 5.11 Å². The molecule has 1 fully saturated rings. The van der Waals surface area contributed by atoms with Crippen LogP contribution in [0.5, 0.6) is 0 Å². The summed E-state index contributed by atoms with van der Waals surface area (Å²) in [5.74, 6) is 2.16. The number of aliphatic hydroxyl groups is 1. The fourth-order valence-corrected chi connectivity index (χ4v) is 3.49. The Morgan fingerprint density at radius 3 is 2.89 bits per heavy atom. The molecule has 1 aliphatic rings. The molecule has 0 aromatic carbocycles. The molecule has 0 spiro atoms. The molecule has 0 radical (unpaired) electrons. The molecule has 3 aromatic rings. The van der Waals surface area contributed by atoms with E-state index < -0.39 is 5.60 Å². The summed E-state index contributed by atoms with van der Waals surface area (Å²) < 4.78 is 1.78. The molecule has 4 rings (SSSR count). The summed E-state index contributed by atoms with van der Waals surface area (Å²) in [7, 11) is 0. The molecule has 27 heavy (non-hydrogen) atoms. The molecule has 2 N–H and O–H groups in total. The molecule has 142 valence electrons. The molecule has 6 heteroatoms. The molecule has 1 saturated carbocycles. The minimum Gasteiger partial charge on any atom is -0.389 e. The van der Waals surface area contributed by atoms with Crippen LogP contribution in [-0.4, -0.2) is 36.8 Å². The summed E-state index contributed by atoms with van der Waals surface area (Å²) in [6, 6.07) is 8.27. The zero-order valence-electron chi connectivity index (χ0n) is 16.2. The van der Waals surface area contributed by atoms with Crippen molar-refractivity contribution in [3.8, 4) is 0 Å². The standard InChI is InChI=1S/C21H27N5O/c1-14-4-7-18(22-12-14)17-10-15(17)5-6-16-11-20(23-13-21(2,3)27)26-19(25-16)8-9-24-26/h4,7-9,11-12,15,17,23,27H,5-6,10,13H2,1-3H3. The highest BCUT2D eigenvalue weighted by Gasteiger charge is 2.38. The van der Waals surface area contributed by atoms with Crippen molar-refractivity contribution in [2.45, 2.75) is 51.6 Å². The van der Waals surface area contributed by atoms with Gasteiger partial charge in [0.15, 0.2) is 5.65 Å². The van der Waals surface area contributed by atoms with E-state index in [9.17, 15) is 5.11 Å². The number of aromatic nitrogens is 4. The monoisotopic (exact) mass is 365 g/mol. The maximum atomic E-state index is 10.00. The largest absolute Gasteiger partial charge is 0.389 e. The highest BCUT2D eigenvalue weighted by Crippen LogP contribution is 2.49. The van der Waals surface area contributed by atoms with Gasteiger partial charge in [0.05, 0.1) is 11.8 Å². The molecule has 3 aromatic heterocycles. The Balaban J connectivity index is 1.42. The predicted molar refractivity (Wildman–Crippen MR) is 106 cm³/mol. The first kappa shape index (κ1) is 17.9. The summed E-state index contributed by atoms with van der Waals surface area (Å²) in [4.78, 5) is 9.31. The van der Waals surface area contributed by atoms with Gasteiger partial charge in [-0.05, 0) is 57.6 Å². The van der Waals surface area contributed by atoms with Gasteiger partial charge in [-0.15, -0.1) is 0 Å². The summed E-state index contributed by atoms with van der Waals surface area (Å²) in [6.07, 6.45) is 6.98. The van der Waals surface area contributed by atoms with Crippen molar-refractivity contribution >= 4 is 11.5 Å². The van der Waals surface area contributed by atoms with Crippen LogP contribution in [-0.2, 0) is 6.42 Å². The van der Waals surface area contributed by atoms with E-state index in [1.165, 1.54) is 17.7 Å². The van der Waals surface area contributed by atoms with Crippen LogP contribution in [0.3, 0.4) is 0 Å². The number of aryl methyl sites for hydroxylation is 2. The molecule has 1 aliphatic carbocycles. The molecule has 0 bridgehead atoms. The predicted octanol–water partition coefficient (Wildman–Crippen LogP) is 3.35. The number of hydrogen-bond acceptors (Lipinski definition) is 5. The lowest BCUT2D eigenvalue weighted by Crippen LogP contribution is -2.30. The van der Waals surface area contributed by atoms with E-state index in [0.29, 0.717) is 18.4 Å². The SMILES string of the molecule is Cc1ccc(C2CC2CCc2cc(NCC(C)(C)O)n3nccc3n2)nc1. The molecule has 0 amide bonds. The third-order valence-corrected chi connectivity index (χ3v) is 5.12. The first-order valence-electron chi connectivity index (χ1n) is 9.61. The van der Waals surface area contributed by atoms with Gasteiger partial charge < -0.3 is 10.4 Å². The molecule has 3 heterocycles. The maximum absolute atomic E-state index is 10.00. The Labute approximate surface area is 159 Å². The molecular formula is C21H27N5O. The highest BCUT2D eigenvalue weighted by molar-refractivity contribution is 5.49. The van der Waals surface area contributed by atoms with Gasteiger partial charge in [-0.1, -0.05) is 6.07 Å². The van der Waals surface area contributed by atoms with Gasteiger partial charge in [-0.3, -0.25) is 4.98 Å². The number of hydrogen-bond donors (Lipinski definition) is 2. The van der Waals surface area contributed by atoms with Crippen molar-refractivity contribution in [3.05, 3.63) is 53.6 Å². The smallest absolute Gasteiger partial charge is 0.157 e. The van der Waals surface area contributed by atoms with E-state index in [1.807, 2.05) is 18.3 Å². The average molecular weight is 365 g/mol. The van der Waals surface area contributed by atoms with Crippen molar-refractivity contribution in [3.63, 3.8) is 0 Å². The first-order chi connectivity index (χ1) is 12.9. The average Bonchev–Trinajstić information content (AvgIpc) is 3.24. The summed E-state index contributed by atoms with van der Waals surface area (Å²) in [5, 5.41) is 17.6. The fourth-order valence-electron chi connectivity index (χ4n) is 3.49. The molecular weight excluding hydrogens is 338 g/mol. The van der Waals surface area contributed by atoms with Gasteiger partial charge >= 0.3 is 0 Å². The summed E-state index contributed by atoms with van der Waals surface area (Å²) in [5.41, 5.74) is 3.53. The third-order valence-electron chi connectivity index (χ3n) is 5.12. The van der Waals surface area contributed by atoms with Gasteiger partial charge in [-0.25, -0.2) is 4.98 Å². The Morgan fingerprint density at radius 1 is 1.30 bits per heavy atom. The Bertz CT molecular complexity index is 926. The normalized spacial score (nSPS) is 19.4. The molecule has 0 aliphatic heterocycles. The van der Waals surface area contributed by atoms with Crippen LogP contribution in [0.25, 0.3) is 5.65 Å². The van der Waals surface area contributed by atoms with Crippen molar-refractivity contribution in [1.29, 1.82) is 0 Å². The van der Waals surface area contributed by atoms with Crippen LogP contribution in [0.1, 0.15) is 49.6 Å². The molecule has 0 saturated heterocycles. The molecule has 2 unspecified atom stereocenters. The Hall–Kier alpha value is -2.47. The van der Waals surface area contributed by atoms with Crippen LogP contribution in [0, 0.1) is 12.8 Å². The second kappa shape index (κ2) is 6.93. The maximum Gasteiger partial charge on any atom is 0.157 e. The van der Waals surface area contributed by atoms with E-state index in [4.69, 9.17) is 4.98 Å². The first-order valence-corrected chi connectivity index (χ1v) is 9.61. The number of pyridine rings is 1. The Kier molecular flexibility index (Phi) is 4.60. The fraction of sp³-hybridized carbons (Fsp3) is 0.476. The van der Waals surface area contributed by atoms with Gasteiger partial charge in [0.1, 0.15) is 5.82 Å². The van der Waals surface area contributed by atoms with Crippen LogP contribution in [0.2, 0.25) is 0 Å². The minimum atomic E-state index is -0.787. The summed E-state index contributed by atoms with van der Waals surface area (Å²) in [6.45, 7) is 6.10. The zero-order valence-corrected chi connectivity index (χ0v) is 16.2. The van der Waals surface area contributed by atoms with Gasteiger partial charge in [-0.2, -0.15) is 9.61 Å². The lowest BCUT2D eigenvalue weighted by atomic mass is 10.1. The minimum absolute atomic E-state index is 0.454. The van der Waals surface area contributed by atoms with Crippen molar-refractivity contribution in [2.75, 3.05) is 11.9 Å². The van der Waals surface area contributed by atoms with E-state index in [0.717, 1.165) is 30.0 Å². The molecule has 2 atom stereocenters. The number of rotatable bonds is 7. The topological polar surface area (TPSA) is 75.3 Å². The second-order valence-electron chi connectivity index (χ2n) is 8.30. The van der Waals surface area contributed by atoms with Crippen molar-refractivity contribution in [2.24, 2.45) is 5.92 Å². The van der Waals surface area contributed by atoms with Crippen LogP contribution < -0.4 is 5.32 Å². The second-order valence-corrected chi connectivity index (χ2v) is 8.30. The lowest BCUT2D eigenvalue weighted by molar-refractivity contribution is 0.0944. The van der Waals surface area contributed by atoms with E-state index in [-0.39, 0.29) is 0 Å². The van der Waals surface area contributed by atoms with E-state index >= 15 is 0 Å². The number of nitrogens with zero attached hydrogens (tertiary/aromatic N) is 4. The Morgan fingerprint density at radius 2 is 2.15 bits per heavy atom. The van der Waals surface area contributed by atoms with Gasteiger partial charge in [0.25, 0.3) is 0 Å². The van der Waals surface area contributed by atoms with E-state index in [1.54, 1.807) is 24.6 Å². The third kappa shape index (κ3) is 4.27. The van der Waals surface area contributed by atoms with Crippen LogP contribution >= 0.6 is 0 Å². The van der Waals surface area contributed by atoms with Crippen LogP contribution in [0.15, 0.2) is 36.7 Å². The quantitative estimate of drug-likeness (QED) is 0.671. The van der Waals surface area contributed by atoms with Crippen molar-refractivity contribution in [1.82, 2.24) is 19.6 Å². The number of fused-ring (bicyclic) bond motifs is 1. The van der Waals surface area contributed by atoms with Crippen LogP contribution in [0.4, 0.5) is 5.82 Å². The van der Waals surface area contributed by atoms with Gasteiger partial charge in [0.2, 0.25) is 0 Å². The lowest BCUT2D eigenvalue weighted by Gasteiger charge is -2.19. The number of anilines is 1. The summed E-state index contributed by atoms with van der Waals surface area (Å²) >= 11 is 0. The highest BCUT2D eigenvalue weighted by atomic mass is 16.3. The molecule has 6 nitrogen and oxygen atoms in total. The van der Waals surface area contributed by atoms with E-state index in [2.05, 4.69) is 34.5 Å². The van der Waals surface area contributed by atoms with Gasteiger partial charge in [0, 0.05) is 42.2 Å². The number of nitrogens with one attached hydrogen (secondary N) is 1. The zero-order chi connectivity index (χ0) is 19.0.